The SMILES string of the molecule is C1=CC2CC1C1CCCC21.[CH]1CCC2[C]1C1C=CC2C1.[Fe]. The summed E-state index contributed by atoms with van der Waals surface area (Å²) in [6, 6.07) is 0. The third kappa shape index (κ3) is 2.22. The summed E-state index contributed by atoms with van der Waals surface area (Å²) in [6.45, 7) is 0. The van der Waals surface area contributed by atoms with Crippen LogP contribution < -0.4 is 0 Å². The molecule has 6 aliphatic carbocycles. The van der Waals surface area contributed by atoms with E-state index in [4.69, 9.17) is 0 Å². The van der Waals surface area contributed by atoms with E-state index >= 15 is 0 Å². The standard InChI is InChI=1S/C10H14.C10H12.Fe/c2*1-2-9-7-4-5-8(6-7)10(9)3-1;/h4-5,7-10H,1-3,6H2;2,4-5,7-8,10H,1,3,6H2;. The molecule has 21 heavy (non-hydrogen) atoms. The summed E-state index contributed by atoms with van der Waals surface area (Å²) in [7, 11) is 0. The summed E-state index contributed by atoms with van der Waals surface area (Å²) in [6.07, 6.45) is 22.7. The smallest absolute Gasteiger partial charge is 0 e. The first-order valence-electron chi connectivity index (χ1n) is 8.97. The molecule has 0 saturated heterocycles. The minimum Gasteiger partial charge on any atom is -0.0848 e. The second-order valence-corrected chi connectivity index (χ2v) is 7.99. The average molecular weight is 322 g/mol. The van der Waals surface area contributed by atoms with Gasteiger partial charge in [-0.05, 0) is 92.3 Å². The van der Waals surface area contributed by atoms with Gasteiger partial charge < -0.3 is 0 Å². The van der Waals surface area contributed by atoms with Crippen LogP contribution in [-0.2, 0) is 17.1 Å². The van der Waals surface area contributed by atoms with Crippen LogP contribution >= 0.6 is 0 Å². The summed E-state index contributed by atoms with van der Waals surface area (Å²) in [5.74, 6) is 8.85. The number of hydrogen-bond donors (Lipinski definition) is 0. The van der Waals surface area contributed by atoms with E-state index < -0.39 is 0 Å². The molecule has 6 rings (SSSR count). The Morgan fingerprint density at radius 2 is 1.48 bits per heavy atom. The summed E-state index contributed by atoms with van der Waals surface area (Å²) in [5, 5.41) is 0. The Labute approximate surface area is 140 Å². The molecule has 0 aromatic carbocycles. The van der Waals surface area contributed by atoms with E-state index in [1.165, 1.54) is 44.9 Å². The zero-order chi connectivity index (χ0) is 13.1. The molecule has 7 unspecified atom stereocenters. The van der Waals surface area contributed by atoms with Crippen LogP contribution in [0.2, 0.25) is 0 Å². The second-order valence-electron chi connectivity index (χ2n) is 7.99. The Morgan fingerprint density at radius 1 is 0.762 bits per heavy atom. The molecule has 1 heteroatoms. The van der Waals surface area contributed by atoms with Gasteiger partial charge in [0.05, 0.1) is 0 Å². The number of fused-ring (bicyclic) bond motifs is 10. The zero-order valence-electron chi connectivity index (χ0n) is 12.7. The van der Waals surface area contributed by atoms with Crippen molar-refractivity contribution in [2.24, 2.45) is 41.4 Å². The number of allylic oxidation sites excluding steroid dienone is 4. The molecule has 0 N–H and O–H groups in total. The van der Waals surface area contributed by atoms with Crippen LogP contribution in [0.5, 0.6) is 0 Å². The van der Waals surface area contributed by atoms with Crippen molar-refractivity contribution in [3.63, 3.8) is 0 Å². The van der Waals surface area contributed by atoms with Crippen LogP contribution in [-0.4, -0.2) is 0 Å². The Bertz CT molecular complexity index is 373. The minimum atomic E-state index is 0. The van der Waals surface area contributed by atoms with Crippen molar-refractivity contribution in [2.45, 2.75) is 44.9 Å². The summed E-state index contributed by atoms with van der Waals surface area (Å²) in [4.78, 5) is 0. The molecule has 0 nitrogen and oxygen atoms in total. The molecule has 114 valence electrons. The molecular weight excluding hydrogens is 296 g/mol. The molecule has 4 fully saturated rings. The summed E-state index contributed by atoms with van der Waals surface area (Å²) in [5.41, 5.74) is 0. The van der Waals surface area contributed by atoms with Crippen LogP contribution in [0.3, 0.4) is 0 Å². The number of rotatable bonds is 0. The van der Waals surface area contributed by atoms with Gasteiger partial charge in [0.25, 0.3) is 0 Å². The fraction of sp³-hybridized carbons (Fsp3) is 0.700. The summed E-state index contributed by atoms with van der Waals surface area (Å²) < 4.78 is 0. The third-order valence-corrected chi connectivity index (χ3v) is 7.22. The van der Waals surface area contributed by atoms with E-state index in [0.29, 0.717) is 0 Å². The first-order valence-corrected chi connectivity index (χ1v) is 8.97. The van der Waals surface area contributed by atoms with Gasteiger partial charge in [-0.2, -0.15) is 0 Å². The zero-order valence-corrected chi connectivity index (χ0v) is 13.8. The van der Waals surface area contributed by atoms with E-state index in [9.17, 15) is 0 Å². The molecule has 0 aromatic heterocycles. The van der Waals surface area contributed by atoms with Crippen LogP contribution in [0.25, 0.3) is 0 Å². The van der Waals surface area contributed by atoms with Gasteiger partial charge in [-0.1, -0.05) is 30.7 Å². The van der Waals surface area contributed by atoms with Crippen molar-refractivity contribution in [2.75, 3.05) is 0 Å². The first-order chi connectivity index (χ1) is 9.90. The van der Waals surface area contributed by atoms with Gasteiger partial charge in [0.1, 0.15) is 0 Å². The van der Waals surface area contributed by atoms with Crippen LogP contribution in [0, 0.1) is 53.8 Å². The monoisotopic (exact) mass is 322 g/mol. The predicted molar refractivity (Wildman–Crippen MR) is 82.6 cm³/mol. The first kappa shape index (κ1) is 14.6. The predicted octanol–water partition coefficient (Wildman–Crippen LogP) is 4.99. The summed E-state index contributed by atoms with van der Waals surface area (Å²) >= 11 is 0. The topological polar surface area (TPSA) is 0 Å². The van der Waals surface area contributed by atoms with E-state index in [1.807, 2.05) is 0 Å². The molecule has 2 radical (unpaired) electrons. The van der Waals surface area contributed by atoms with Crippen molar-refractivity contribution in [1.82, 2.24) is 0 Å². The van der Waals surface area contributed by atoms with Crippen molar-refractivity contribution in [3.05, 3.63) is 36.6 Å². The fourth-order valence-electron chi connectivity index (χ4n) is 6.38. The molecule has 4 bridgehead atoms. The molecule has 0 aromatic rings. The molecule has 7 atom stereocenters. The molecular formula is C20H26Fe. The maximum absolute atomic E-state index is 2.48. The molecule has 0 aliphatic heterocycles. The van der Waals surface area contributed by atoms with Gasteiger partial charge in [-0.25, -0.2) is 0 Å². The van der Waals surface area contributed by atoms with Gasteiger partial charge in [-0.15, -0.1) is 0 Å². The van der Waals surface area contributed by atoms with Gasteiger partial charge in [0.15, 0.2) is 0 Å². The second kappa shape index (κ2) is 5.57. The Balaban J connectivity index is 0.000000105. The number of hydrogen-bond acceptors (Lipinski definition) is 0. The third-order valence-electron chi connectivity index (χ3n) is 7.22. The Morgan fingerprint density at radius 3 is 2.19 bits per heavy atom. The van der Waals surface area contributed by atoms with Crippen molar-refractivity contribution in [1.29, 1.82) is 0 Å². The molecule has 4 saturated carbocycles. The maximum atomic E-state index is 2.48. The van der Waals surface area contributed by atoms with Crippen LogP contribution in [0.1, 0.15) is 44.9 Å². The van der Waals surface area contributed by atoms with Gasteiger partial charge in [0, 0.05) is 17.1 Å². The van der Waals surface area contributed by atoms with E-state index in [1.54, 1.807) is 5.92 Å². The quantitative estimate of drug-likeness (QED) is 0.435. The van der Waals surface area contributed by atoms with Gasteiger partial charge in [-0.3, -0.25) is 0 Å². The van der Waals surface area contributed by atoms with E-state index in [-0.39, 0.29) is 17.1 Å². The van der Waals surface area contributed by atoms with Crippen LogP contribution in [0.15, 0.2) is 24.3 Å². The van der Waals surface area contributed by atoms with E-state index in [2.05, 4.69) is 30.7 Å². The molecule has 0 spiro atoms. The van der Waals surface area contributed by atoms with Gasteiger partial charge in [0.2, 0.25) is 0 Å². The maximum Gasteiger partial charge on any atom is 0 e. The molecule has 6 aliphatic rings. The van der Waals surface area contributed by atoms with Crippen molar-refractivity contribution >= 4 is 0 Å². The fourth-order valence-corrected chi connectivity index (χ4v) is 6.38. The van der Waals surface area contributed by atoms with Crippen LogP contribution in [0.4, 0.5) is 0 Å². The van der Waals surface area contributed by atoms with E-state index in [0.717, 1.165) is 41.4 Å². The Kier molecular flexibility index (Phi) is 3.87. The Hall–Kier alpha value is -0.000519. The minimum absolute atomic E-state index is 0. The molecule has 0 heterocycles. The largest absolute Gasteiger partial charge is 0.0848 e. The van der Waals surface area contributed by atoms with Crippen molar-refractivity contribution in [3.8, 4) is 0 Å². The van der Waals surface area contributed by atoms with Crippen molar-refractivity contribution < 1.29 is 17.1 Å². The molecule has 0 amide bonds. The average Bonchev–Trinajstić information content (AvgIpc) is 3.28. The van der Waals surface area contributed by atoms with Gasteiger partial charge >= 0.3 is 0 Å². The normalized spacial score (nSPS) is 50.8.